The van der Waals surface area contributed by atoms with Crippen LogP contribution in [0.25, 0.3) is 0 Å². The summed E-state index contributed by atoms with van der Waals surface area (Å²) in [7, 11) is 1.66. The van der Waals surface area contributed by atoms with Gasteiger partial charge in [0.25, 0.3) is 0 Å². The van der Waals surface area contributed by atoms with E-state index in [9.17, 15) is 9.59 Å². The molecular weight excluding hydrogens is 244 g/mol. The molecule has 0 N–H and O–H groups in total. The summed E-state index contributed by atoms with van der Waals surface area (Å²) in [6.45, 7) is 1.88. The Bertz CT molecular complexity index is 357. The van der Waals surface area contributed by atoms with Crippen LogP contribution >= 0.6 is 0 Å². The van der Waals surface area contributed by atoms with Crippen LogP contribution in [0.2, 0.25) is 0 Å². The highest BCUT2D eigenvalue weighted by Gasteiger charge is 2.12. The molecule has 1 aliphatic rings. The van der Waals surface area contributed by atoms with E-state index in [4.69, 9.17) is 9.47 Å². The number of allylic oxidation sites excluding steroid dienone is 3. The Morgan fingerprint density at radius 1 is 1.21 bits per heavy atom. The Hall–Kier alpha value is -1.42. The molecule has 0 aromatic rings. The molecular formula is C15H22O4. The van der Waals surface area contributed by atoms with E-state index >= 15 is 0 Å². The van der Waals surface area contributed by atoms with Crippen LogP contribution in [0.1, 0.15) is 39.0 Å². The van der Waals surface area contributed by atoms with Gasteiger partial charge < -0.3 is 9.47 Å². The number of carbonyl (C=O) groups excluding carboxylic acids is 2. The van der Waals surface area contributed by atoms with E-state index in [2.05, 4.69) is 0 Å². The minimum Gasteiger partial charge on any atom is -0.463 e. The van der Waals surface area contributed by atoms with E-state index < -0.39 is 0 Å². The lowest BCUT2D eigenvalue weighted by molar-refractivity contribution is -0.149. The molecule has 106 valence electrons. The van der Waals surface area contributed by atoms with Crippen molar-refractivity contribution in [2.45, 2.75) is 51.2 Å². The first-order valence-electron chi connectivity index (χ1n) is 6.71. The van der Waals surface area contributed by atoms with Gasteiger partial charge in [-0.15, -0.1) is 0 Å². The summed E-state index contributed by atoms with van der Waals surface area (Å²) in [5.41, 5.74) is 0. The molecule has 1 rings (SSSR count). The van der Waals surface area contributed by atoms with Crippen molar-refractivity contribution < 1.29 is 19.1 Å². The second-order valence-electron chi connectivity index (χ2n) is 4.72. The second kappa shape index (κ2) is 8.64. The maximum atomic E-state index is 11.5. The maximum Gasteiger partial charge on any atom is 0.306 e. The van der Waals surface area contributed by atoms with Crippen LogP contribution in [0.4, 0.5) is 0 Å². The van der Waals surface area contributed by atoms with Gasteiger partial charge in [-0.2, -0.15) is 0 Å². The zero-order chi connectivity index (χ0) is 14.1. The molecule has 0 fully saturated rings. The topological polar surface area (TPSA) is 52.6 Å². The van der Waals surface area contributed by atoms with E-state index in [1.54, 1.807) is 13.2 Å². The van der Waals surface area contributed by atoms with Crippen molar-refractivity contribution in [1.29, 1.82) is 0 Å². The number of ether oxygens (including phenoxy) is 2. The van der Waals surface area contributed by atoms with Crippen molar-refractivity contribution >= 4 is 11.8 Å². The molecule has 0 spiro atoms. The number of cyclic esters (lactones) is 1. The van der Waals surface area contributed by atoms with Gasteiger partial charge in [-0.25, -0.2) is 0 Å². The number of rotatable bonds is 1. The van der Waals surface area contributed by atoms with Crippen LogP contribution in [0.5, 0.6) is 0 Å². The molecule has 1 heterocycles. The fraction of sp³-hybridized carbons (Fsp3) is 0.600. The third-order valence-electron chi connectivity index (χ3n) is 3.03. The first-order chi connectivity index (χ1) is 9.11. The predicted molar refractivity (Wildman–Crippen MR) is 72.7 cm³/mol. The Kier molecular flexibility index (Phi) is 7.11. The molecule has 0 aliphatic carbocycles. The molecule has 0 saturated carbocycles. The Morgan fingerprint density at radius 3 is 2.74 bits per heavy atom. The average Bonchev–Trinajstić information content (AvgIpc) is 2.38. The van der Waals surface area contributed by atoms with Gasteiger partial charge in [-0.05, 0) is 32.3 Å². The number of hydrogen-bond acceptors (Lipinski definition) is 4. The number of methoxy groups -OCH3 is 1. The molecule has 0 amide bonds. The second-order valence-corrected chi connectivity index (χ2v) is 4.72. The minimum atomic E-state index is -0.301. The summed E-state index contributed by atoms with van der Waals surface area (Å²) in [6, 6.07) is 0. The summed E-state index contributed by atoms with van der Waals surface area (Å²) < 4.78 is 10.6. The fourth-order valence-corrected chi connectivity index (χ4v) is 1.90. The van der Waals surface area contributed by atoms with E-state index in [-0.39, 0.29) is 36.8 Å². The van der Waals surface area contributed by atoms with Crippen molar-refractivity contribution in [2.75, 3.05) is 7.11 Å². The molecule has 0 aromatic heterocycles. The minimum absolute atomic E-state index is 0.0330. The zero-order valence-corrected chi connectivity index (χ0v) is 11.6. The van der Waals surface area contributed by atoms with E-state index in [1.165, 1.54) is 6.08 Å². The number of esters is 1. The first-order valence-corrected chi connectivity index (χ1v) is 6.71. The van der Waals surface area contributed by atoms with Gasteiger partial charge in [0.2, 0.25) is 0 Å². The van der Waals surface area contributed by atoms with Crippen LogP contribution in [-0.4, -0.2) is 31.1 Å². The van der Waals surface area contributed by atoms with E-state index in [1.807, 2.05) is 19.1 Å². The summed E-state index contributed by atoms with van der Waals surface area (Å²) >= 11 is 0. The summed E-state index contributed by atoms with van der Waals surface area (Å²) in [5.74, 6) is -0.370. The van der Waals surface area contributed by atoms with Crippen molar-refractivity contribution in [3.05, 3.63) is 24.3 Å². The molecule has 4 nitrogen and oxygen atoms in total. The molecule has 19 heavy (non-hydrogen) atoms. The predicted octanol–water partition coefficient (Wildman–Crippen LogP) is 2.58. The normalized spacial score (nSPS) is 30.2. The largest absolute Gasteiger partial charge is 0.463 e. The van der Waals surface area contributed by atoms with Gasteiger partial charge in [0, 0.05) is 13.5 Å². The third kappa shape index (κ3) is 6.91. The molecule has 0 unspecified atom stereocenters. The number of hydrogen-bond donors (Lipinski definition) is 0. The molecule has 0 bridgehead atoms. The van der Waals surface area contributed by atoms with Gasteiger partial charge in [-0.3, -0.25) is 9.59 Å². The van der Waals surface area contributed by atoms with Crippen LogP contribution < -0.4 is 0 Å². The van der Waals surface area contributed by atoms with Crippen LogP contribution in [0.3, 0.4) is 0 Å². The quantitative estimate of drug-likeness (QED) is 0.684. The summed E-state index contributed by atoms with van der Waals surface area (Å²) in [4.78, 5) is 23.0. The van der Waals surface area contributed by atoms with Crippen LogP contribution in [0, 0.1) is 0 Å². The monoisotopic (exact) mass is 266 g/mol. The van der Waals surface area contributed by atoms with E-state index in [0.717, 1.165) is 19.3 Å². The molecule has 0 radical (unpaired) electrons. The highest BCUT2D eigenvalue weighted by molar-refractivity contribution is 5.92. The lowest BCUT2D eigenvalue weighted by atomic mass is 10.1. The molecule has 2 atom stereocenters. The molecule has 1 aliphatic heterocycles. The highest BCUT2D eigenvalue weighted by Crippen LogP contribution is 2.11. The zero-order valence-electron chi connectivity index (χ0n) is 11.6. The Morgan fingerprint density at radius 2 is 2.00 bits per heavy atom. The van der Waals surface area contributed by atoms with Crippen molar-refractivity contribution in [1.82, 2.24) is 0 Å². The van der Waals surface area contributed by atoms with Gasteiger partial charge in [0.05, 0.1) is 18.6 Å². The third-order valence-corrected chi connectivity index (χ3v) is 3.03. The molecule has 4 heteroatoms. The highest BCUT2D eigenvalue weighted by atomic mass is 16.5. The molecule has 0 aromatic carbocycles. The number of carbonyl (C=O) groups is 2. The van der Waals surface area contributed by atoms with Crippen LogP contribution in [-0.2, 0) is 19.1 Å². The first kappa shape index (κ1) is 15.6. The Balaban J connectivity index is 2.64. The van der Waals surface area contributed by atoms with Gasteiger partial charge in [0.1, 0.15) is 0 Å². The Labute approximate surface area is 114 Å². The fourth-order valence-electron chi connectivity index (χ4n) is 1.90. The van der Waals surface area contributed by atoms with E-state index in [0.29, 0.717) is 0 Å². The summed E-state index contributed by atoms with van der Waals surface area (Å²) in [6.07, 6.45) is 9.81. The average molecular weight is 266 g/mol. The smallest absolute Gasteiger partial charge is 0.306 e. The lowest BCUT2D eigenvalue weighted by Gasteiger charge is -2.15. The standard InChI is InChI=1S/C15H22O4/c1-12-6-5-9-14(18-2)8-4-3-7-13(16)10-11-15(17)19-12/h3-4,7-8,12,14H,5-6,9-11H2,1-2H3/b7-3-,8-4-/t12-,14-/m0/s1. The number of ketones is 1. The molecule has 0 saturated heterocycles. The van der Waals surface area contributed by atoms with Crippen molar-refractivity contribution in [3.8, 4) is 0 Å². The van der Waals surface area contributed by atoms with Gasteiger partial charge in [0.15, 0.2) is 5.78 Å². The SMILES string of the molecule is CO[C@H]1/C=C\C=C/C(=O)CCC(=O)O[C@@H](C)CCC1. The van der Waals surface area contributed by atoms with Gasteiger partial charge >= 0.3 is 5.97 Å². The summed E-state index contributed by atoms with van der Waals surface area (Å²) in [5, 5.41) is 0. The van der Waals surface area contributed by atoms with Crippen LogP contribution in [0.15, 0.2) is 24.3 Å². The lowest BCUT2D eigenvalue weighted by Crippen LogP contribution is -2.16. The van der Waals surface area contributed by atoms with Crippen molar-refractivity contribution in [2.24, 2.45) is 0 Å². The maximum absolute atomic E-state index is 11.5. The van der Waals surface area contributed by atoms with Gasteiger partial charge in [-0.1, -0.05) is 18.2 Å². The van der Waals surface area contributed by atoms with Crippen molar-refractivity contribution in [3.63, 3.8) is 0 Å².